The van der Waals surface area contributed by atoms with Gasteiger partial charge in [0.1, 0.15) is 0 Å². The van der Waals surface area contributed by atoms with E-state index in [0.29, 0.717) is 13.1 Å². The number of hydrogen-bond acceptors (Lipinski definition) is 2. The summed E-state index contributed by atoms with van der Waals surface area (Å²) in [7, 11) is 1.73. The number of aryl methyl sites for hydroxylation is 1. The van der Waals surface area contributed by atoms with Gasteiger partial charge in [0.15, 0.2) is 0 Å². The molecular formula is C16H24N2O3. The van der Waals surface area contributed by atoms with Crippen molar-refractivity contribution >= 4 is 12.0 Å². The summed E-state index contributed by atoms with van der Waals surface area (Å²) in [5.74, 6) is -0.858. The Morgan fingerprint density at radius 1 is 1.38 bits per heavy atom. The number of carbonyl (C=O) groups excluding carboxylic acids is 1. The normalized spacial score (nSPS) is 11.8. The molecule has 21 heavy (non-hydrogen) atoms. The number of nitrogens with one attached hydrogen (secondary N) is 1. The number of nitrogens with zero attached hydrogens (tertiary/aromatic N) is 1. The molecule has 1 rings (SSSR count). The van der Waals surface area contributed by atoms with Gasteiger partial charge < -0.3 is 15.3 Å². The van der Waals surface area contributed by atoms with Crippen LogP contribution >= 0.6 is 0 Å². The SMILES string of the molecule is CCC(CNC(=O)N(C)Cc1cccc(C)c1)CC(=O)O. The highest BCUT2D eigenvalue weighted by atomic mass is 16.4. The fourth-order valence-electron chi connectivity index (χ4n) is 2.13. The topological polar surface area (TPSA) is 69.6 Å². The smallest absolute Gasteiger partial charge is 0.317 e. The summed E-state index contributed by atoms with van der Waals surface area (Å²) >= 11 is 0. The molecule has 5 heteroatoms. The molecule has 0 bridgehead atoms. The fourth-order valence-corrected chi connectivity index (χ4v) is 2.13. The summed E-state index contributed by atoms with van der Waals surface area (Å²) in [6.07, 6.45) is 0.812. The molecule has 0 aromatic heterocycles. The number of carbonyl (C=O) groups is 2. The molecule has 0 aliphatic rings. The highest BCUT2D eigenvalue weighted by molar-refractivity contribution is 5.74. The second-order valence-electron chi connectivity index (χ2n) is 5.40. The van der Waals surface area contributed by atoms with Gasteiger partial charge in [0.2, 0.25) is 0 Å². The van der Waals surface area contributed by atoms with Crippen LogP contribution in [0.3, 0.4) is 0 Å². The minimum absolute atomic E-state index is 0.0289. The predicted molar refractivity (Wildman–Crippen MR) is 82.1 cm³/mol. The van der Waals surface area contributed by atoms with Crippen LogP contribution in [-0.4, -0.2) is 35.6 Å². The molecule has 0 fully saturated rings. The minimum atomic E-state index is -0.829. The van der Waals surface area contributed by atoms with Gasteiger partial charge in [0.25, 0.3) is 0 Å². The Morgan fingerprint density at radius 2 is 2.10 bits per heavy atom. The molecule has 0 aliphatic carbocycles. The third-order valence-corrected chi connectivity index (χ3v) is 3.43. The lowest BCUT2D eigenvalue weighted by molar-refractivity contribution is -0.138. The predicted octanol–water partition coefficient (Wildman–Crippen LogP) is 2.64. The zero-order valence-electron chi connectivity index (χ0n) is 12.9. The molecular weight excluding hydrogens is 268 g/mol. The van der Waals surface area contributed by atoms with Gasteiger partial charge >= 0.3 is 12.0 Å². The van der Waals surface area contributed by atoms with Crippen molar-refractivity contribution in [2.45, 2.75) is 33.2 Å². The highest BCUT2D eigenvalue weighted by Gasteiger charge is 2.14. The van der Waals surface area contributed by atoms with Gasteiger partial charge in [-0.25, -0.2) is 4.79 Å². The van der Waals surface area contributed by atoms with Gasteiger partial charge in [-0.2, -0.15) is 0 Å². The van der Waals surface area contributed by atoms with E-state index in [9.17, 15) is 9.59 Å². The molecule has 0 heterocycles. The second kappa shape index (κ2) is 8.29. The first-order valence-corrected chi connectivity index (χ1v) is 7.18. The lowest BCUT2D eigenvalue weighted by Gasteiger charge is -2.20. The zero-order valence-corrected chi connectivity index (χ0v) is 12.9. The van der Waals surface area contributed by atoms with Crippen LogP contribution in [-0.2, 0) is 11.3 Å². The second-order valence-corrected chi connectivity index (χ2v) is 5.40. The first kappa shape index (κ1) is 17.0. The van der Waals surface area contributed by atoms with Gasteiger partial charge in [-0.3, -0.25) is 4.79 Å². The van der Waals surface area contributed by atoms with Crippen LogP contribution in [0.5, 0.6) is 0 Å². The van der Waals surface area contributed by atoms with Crippen LogP contribution in [0.1, 0.15) is 30.9 Å². The van der Waals surface area contributed by atoms with Crippen molar-refractivity contribution in [3.63, 3.8) is 0 Å². The molecule has 1 atom stereocenters. The van der Waals surface area contributed by atoms with Crippen molar-refractivity contribution in [1.82, 2.24) is 10.2 Å². The van der Waals surface area contributed by atoms with Gasteiger partial charge in [0.05, 0.1) is 0 Å². The average Bonchev–Trinajstić information content (AvgIpc) is 2.42. The molecule has 1 aromatic rings. The number of benzene rings is 1. The summed E-state index contributed by atoms with van der Waals surface area (Å²) in [4.78, 5) is 24.3. The standard InChI is InChI=1S/C16H24N2O3/c1-4-13(9-15(19)20)10-17-16(21)18(3)11-14-7-5-6-12(2)8-14/h5-8,13H,4,9-11H2,1-3H3,(H,17,21)(H,19,20). The van der Waals surface area contributed by atoms with E-state index >= 15 is 0 Å². The largest absolute Gasteiger partial charge is 0.481 e. The Kier molecular flexibility index (Phi) is 6.72. The Morgan fingerprint density at radius 3 is 2.67 bits per heavy atom. The van der Waals surface area contributed by atoms with Crippen molar-refractivity contribution in [2.24, 2.45) is 5.92 Å². The highest BCUT2D eigenvalue weighted by Crippen LogP contribution is 2.08. The van der Waals surface area contributed by atoms with Crippen molar-refractivity contribution in [3.8, 4) is 0 Å². The molecule has 2 N–H and O–H groups in total. The zero-order chi connectivity index (χ0) is 15.8. The molecule has 0 radical (unpaired) electrons. The summed E-state index contributed by atoms with van der Waals surface area (Å²) in [6, 6.07) is 7.83. The number of carboxylic acid groups (broad SMARTS) is 1. The maximum atomic E-state index is 12.0. The van der Waals surface area contributed by atoms with Crippen LogP contribution in [0, 0.1) is 12.8 Å². The number of rotatable bonds is 7. The van der Waals surface area contributed by atoms with Gasteiger partial charge in [0, 0.05) is 26.6 Å². The van der Waals surface area contributed by atoms with Gasteiger partial charge in [-0.1, -0.05) is 43.2 Å². The van der Waals surface area contributed by atoms with Crippen LogP contribution in [0.4, 0.5) is 4.79 Å². The lowest BCUT2D eigenvalue weighted by Crippen LogP contribution is -2.39. The maximum Gasteiger partial charge on any atom is 0.317 e. The van der Waals surface area contributed by atoms with Crippen molar-refractivity contribution in [1.29, 1.82) is 0 Å². The van der Waals surface area contributed by atoms with E-state index in [4.69, 9.17) is 5.11 Å². The fraction of sp³-hybridized carbons (Fsp3) is 0.500. The van der Waals surface area contributed by atoms with Crippen LogP contribution < -0.4 is 5.32 Å². The molecule has 0 spiro atoms. The number of urea groups is 1. The Bertz CT molecular complexity index is 488. The molecule has 2 amide bonds. The van der Waals surface area contributed by atoms with E-state index in [1.807, 2.05) is 38.1 Å². The number of hydrogen-bond donors (Lipinski definition) is 2. The molecule has 1 unspecified atom stereocenters. The van der Waals surface area contributed by atoms with Crippen LogP contribution in [0.25, 0.3) is 0 Å². The minimum Gasteiger partial charge on any atom is -0.481 e. The monoisotopic (exact) mass is 292 g/mol. The Labute approximate surface area is 126 Å². The van der Waals surface area contributed by atoms with Gasteiger partial charge in [-0.15, -0.1) is 0 Å². The van der Waals surface area contributed by atoms with E-state index in [1.54, 1.807) is 11.9 Å². The number of amides is 2. The van der Waals surface area contributed by atoms with Crippen LogP contribution in [0.2, 0.25) is 0 Å². The Hall–Kier alpha value is -2.04. The van der Waals surface area contributed by atoms with Crippen molar-refractivity contribution in [3.05, 3.63) is 35.4 Å². The van der Waals surface area contributed by atoms with E-state index in [-0.39, 0.29) is 18.4 Å². The number of aliphatic carboxylic acids is 1. The summed E-state index contributed by atoms with van der Waals surface area (Å²) in [5.41, 5.74) is 2.24. The summed E-state index contributed by atoms with van der Waals surface area (Å²) in [6.45, 7) is 4.86. The van der Waals surface area contributed by atoms with E-state index < -0.39 is 5.97 Å². The maximum absolute atomic E-state index is 12.0. The van der Waals surface area contributed by atoms with E-state index in [2.05, 4.69) is 5.32 Å². The van der Waals surface area contributed by atoms with Crippen molar-refractivity contribution in [2.75, 3.05) is 13.6 Å². The molecule has 0 saturated heterocycles. The first-order valence-electron chi connectivity index (χ1n) is 7.18. The summed E-state index contributed by atoms with van der Waals surface area (Å²) < 4.78 is 0. The third-order valence-electron chi connectivity index (χ3n) is 3.43. The first-order chi connectivity index (χ1) is 9.92. The molecule has 5 nitrogen and oxygen atoms in total. The molecule has 1 aromatic carbocycles. The molecule has 116 valence electrons. The third kappa shape index (κ3) is 6.29. The average molecular weight is 292 g/mol. The van der Waals surface area contributed by atoms with E-state index in [1.165, 1.54) is 0 Å². The molecule has 0 aliphatic heterocycles. The van der Waals surface area contributed by atoms with Gasteiger partial charge in [-0.05, 0) is 18.4 Å². The molecule has 0 saturated carbocycles. The van der Waals surface area contributed by atoms with E-state index in [0.717, 1.165) is 17.5 Å². The summed E-state index contributed by atoms with van der Waals surface area (Å²) in [5, 5.41) is 11.6. The Balaban J connectivity index is 2.45. The van der Waals surface area contributed by atoms with Crippen LogP contribution in [0.15, 0.2) is 24.3 Å². The number of carboxylic acids is 1. The quantitative estimate of drug-likeness (QED) is 0.811. The van der Waals surface area contributed by atoms with Crippen molar-refractivity contribution < 1.29 is 14.7 Å². The lowest BCUT2D eigenvalue weighted by atomic mass is 10.0.